The van der Waals surface area contributed by atoms with E-state index < -0.39 is 0 Å². The zero-order valence-electron chi connectivity index (χ0n) is 5.80. The van der Waals surface area contributed by atoms with Crippen molar-refractivity contribution in [2.24, 2.45) is 0 Å². The van der Waals surface area contributed by atoms with E-state index in [4.69, 9.17) is 0 Å². The normalized spacial score (nSPS) is 10.7. The molecule has 1 aromatic rings. The molecular weight excluding hydrogens is 270 g/mol. The van der Waals surface area contributed by atoms with Crippen molar-refractivity contribution >= 4 is 37.9 Å². The van der Waals surface area contributed by atoms with Crippen LogP contribution in [0.3, 0.4) is 0 Å². The molecule has 0 unspecified atom stereocenters. The molecule has 0 saturated heterocycles. The van der Waals surface area contributed by atoms with Gasteiger partial charge in [-0.05, 0) is 34.1 Å². The summed E-state index contributed by atoms with van der Waals surface area (Å²) in [5.74, 6) is 0. The topological polar surface area (TPSA) is 12.9 Å². The van der Waals surface area contributed by atoms with Gasteiger partial charge in [0, 0.05) is 16.0 Å². The van der Waals surface area contributed by atoms with E-state index in [0.29, 0.717) is 0 Å². The minimum absolute atomic E-state index is 0.866. The highest BCUT2D eigenvalue weighted by molar-refractivity contribution is 9.10. The summed E-state index contributed by atoms with van der Waals surface area (Å²) in [7, 11) is 0. The summed E-state index contributed by atoms with van der Waals surface area (Å²) >= 11 is 6.62. The standard InChI is InChI=1S/C8H7Br2N/c9-5-1-2-8-4-3-7(10)6-11-8/h1-4,6H,5H2. The maximum absolute atomic E-state index is 4.16. The van der Waals surface area contributed by atoms with Gasteiger partial charge in [0.15, 0.2) is 0 Å². The number of allylic oxidation sites excluding steroid dienone is 1. The van der Waals surface area contributed by atoms with Gasteiger partial charge in [-0.15, -0.1) is 0 Å². The first-order chi connectivity index (χ1) is 5.33. The van der Waals surface area contributed by atoms with Gasteiger partial charge in [-0.25, -0.2) is 0 Å². The van der Waals surface area contributed by atoms with Crippen molar-refractivity contribution in [3.63, 3.8) is 0 Å². The number of nitrogens with zero attached hydrogens (tertiary/aromatic N) is 1. The molecule has 0 aliphatic heterocycles. The molecule has 0 bridgehead atoms. The maximum atomic E-state index is 4.16. The van der Waals surface area contributed by atoms with Gasteiger partial charge in [0.25, 0.3) is 0 Å². The zero-order valence-corrected chi connectivity index (χ0v) is 8.97. The molecule has 1 aromatic heterocycles. The Morgan fingerprint density at radius 3 is 2.82 bits per heavy atom. The van der Waals surface area contributed by atoms with Crippen molar-refractivity contribution in [1.82, 2.24) is 4.98 Å². The number of hydrogen-bond donors (Lipinski definition) is 0. The number of pyridine rings is 1. The number of aromatic nitrogens is 1. The van der Waals surface area contributed by atoms with Gasteiger partial charge >= 0.3 is 0 Å². The van der Waals surface area contributed by atoms with Gasteiger partial charge in [-0.1, -0.05) is 22.0 Å². The third-order valence-corrected chi connectivity index (χ3v) is 1.97. The highest BCUT2D eigenvalue weighted by Crippen LogP contribution is 2.08. The Morgan fingerprint density at radius 1 is 1.45 bits per heavy atom. The molecule has 0 radical (unpaired) electrons. The quantitative estimate of drug-likeness (QED) is 0.756. The predicted octanol–water partition coefficient (Wildman–Crippen LogP) is 3.25. The van der Waals surface area contributed by atoms with Crippen LogP contribution >= 0.6 is 31.9 Å². The van der Waals surface area contributed by atoms with E-state index in [0.717, 1.165) is 15.5 Å². The SMILES string of the molecule is BrCC=Cc1ccc(Br)cn1. The molecule has 1 nitrogen and oxygen atoms in total. The first kappa shape index (κ1) is 8.94. The van der Waals surface area contributed by atoms with Gasteiger partial charge in [-0.3, -0.25) is 4.98 Å². The van der Waals surface area contributed by atoms with Gasteiger partial charge in [-0.2, -0.15) is 0 Å². The minimum Gasteiger partial charge on any atom is -0.256 e. The molecule has 0 amide bonds. The number of rotatable bonds is 2. The third kappa shape index (κ3) is 3.16. The van der Waals surface area contributed by atoms with E-state index >= 15 is 0 Å². The molecule has 0 aromatic carbocycles. The number of hydrogen-bond acceptors (Lipinski definition) is 1. The van der Waals surface area contributed by atoms with Crippen LogP contribution in [0, 0.1) is 0 Å². The molecule has 0 N–H and O–H groups in total. The van der Waals surface area contributed by atoms with Crippen molar-refractivity contribution in [2.45, 2.75) is 0 Å². The van der Waals surface area contributed by atoms with Crippen LogP contribution in [-0.4, -0.2) is 10.3 Å². The summed E-state index contributed by atoms with van der Waals surface area (Å²) in [6, 6.07) is 3.93. The maximum Gasteiger partial charge on any atom is 0.0627 e. The first-order valence-corrected chi connectivity index (χ1v) is 5.08. The minimum atomic E-state index is 0.866. The second-order valence-corrected chi connectivity index (χ2v) is 3.52. The summed E-state index contributed by atoms with van der Waals surface area (Å²) in [6.45, 7) is 0. The summed E-state index contributed by atoms with van der Waals surface area (Å²) in [6.07, 6.45) is 5.77. The fraction of sp³-hybridized carbons (Fsp3) is 0.125. The summed E-state index contributed by atoms with van der Waals surface area (Å²) in [5.41, 5.74) is 0.979. The van der Waals surface area contributed by atoms with Gasteiger partial charge in [0.05, 0.1) is 5.69 Å². The Hall–Kier alpha value is -0.150. The van der Waals surface area contributed by atoms with Crippen LogP contribution < -0.4 is 0 Å². The van der Waals surface area contributed by atoms with E-state index in [2.05, 4.69) is 36.8 Å². The van der Waals surface area contributed by atoms with Crippen LogP contribution in [0.4, 0.5) is 0 Å². The van der Waals surface area contributed by atoms with Crippen LogP contribution in [-0.2, 0) is 0 Å². The lowest BCUT2D eigenvalue weighted by atomic mass is 10.3. The number of halogens is 2. The smallest absolute Gasteiger partial charge is 0.0627 e. The highest BCUT2D eigenvalue weighted by atomic mass is 79.9. The van der Waals surface area contributed by atoms with Crippen molar-refractivity contribution < 1.29 is 0 Å². The third-order valence-electron chi connectivity index (χ3n) is 1.13. The molecule has 0 fully saturated rings. The molecule has 3 heteroatoms. The van der Waals surface area contributed by atoms with Gasteiger partial charge in [0.2, 0.25) is 0 Å². The predicted molar refractivity (Wildman–Crippen MR) is 54.8 cm³/mol. The lowest BCUT2D eigenvalue weighted by Gasteiger charge is -1.91. The highest BCUT2D eigenvalue weighted by Gasteiger charge is 1.86. The Bertz CT molecular complexity index is 241. The molecular formula is C8H7Br2N. The van der Waals surface area contributed by atoms with Gasteiger partial charge < -0.3 is 0 Å². The van der Waals surface area contributed by atoms with Crippen LogP contribution in [0.5, 0.6) is 0 Å². The lowest BCUT2D eigenvalue weighted by Crippen LogP contribution is -1.77. The van der Waals surface area contributed by atoms with E-state index in [1.807, 2.05) is 24.3 Å². The lowest BCUT2D eigenvalue weighted by molar-refractivity contribution is 1.28. The summed E-state index contributed by atoms with van der Waals surface area (Å²) in [4.78, 5) is 4.16. The number of alkyl halides is 1. The Balaban J connectivity index is 2.73. The zero-order chi connectivity index (χ0) is 8.10. The summed E-state index contributed by atoms with van der Waals surface area (Å²) in [5, 5.41) is 0.866. The van der Waals surface area contributed by atoms with Crippen LogP contribution in [0.2, 0.25) is 0 Å². The Labute approximate surface area is 82.8 Å². The second kappa shape index (κ2) is 4.67. The monoisotopic (exact) mass is 275 g/mol. The largest absolute Gasteiger partial charge is 0.256 e. The van der Waals surface area contributed by atoms with E-state index in [1.54, 1.807) is 6.20 Å². The average Bonchev–Trinajstić information content (AvgIpc) is 2.04. The van der Waals surface area contributed by atoms with Crippen LogP contribution in [0.25, 0.3) is 6.08 Å². The van der Waals surface area contributed by atoms with Crippen molar-refractivity contribution in [3.05, 3.63) is 34.6 Å². The molecule has 58 valence electrons. The first-order valence-electron chi connectivity index (χ1n) is 3.17. The van der Waals surface area contributed by atoms with Crippen molar-refractivity contribution in [2.75, 3.05) is 5.33 Å². The molecule has 0 atom stereocenters. The van der Waals surface area contributed by atoms with Crippen LogP contribution in [0.1, 0.15) is 5.69 Å². The summed E-state index contributed by atoms with van der Waals surface area (Å²) < 4.78 is 1.01. The molecule has 0 saturated carbocycles. The molecule has 1 heterocycles. The fourth-order valence-electron chi connectivity index (χ4n) is 0.651. The van der Waals surface area contributed by atoms with E-state index in [1.165, 1.54) is 0 Å². The Morgan fingerprint density at radius 2 is 2.27 bits per heavy atom. The molecule has 0 aliphatic carbocycles. The second-order valence-electron chi connectivity index (χ2n) is 1.96. The van der Waals surface area contributed by atoms with E-state index in [-0.39, 0.29) is 0 Å². The van der Waals surface area contributed by atoms with Crippen molar-refractivity contribution in [3.8, 4) is 0 Å². The molecule has 0 aliphatic rings. The fourth-order valence-corrected chi connectivity index (χ4v) is 1.07. The molecule has 0 spiro atoms. The molecule has 1 rings (SSSR count). The van der Waals surface area contributed by atoms with Crippen molar-refractivity contribution in [1.29, 1.82) is 0 Å². The average molecular weight is 277 g/mol. The molecule has 11 heavy (non-hydrogen) atoms. The Kier molecular flexibility index (Phi) is 3.80. The van der Waals surface area contributed by atoms with Gasteiger partial charge in [0.1, 0.15) is 0 Å². The van der Waals surface area contributed by atoms with E-state index in [9.17, 15) is 0 Å². The van der Waals surface area contributed by atoms with Crippen LogP contribution in [0.15, 0.2) is 28.9 Å².